The van der Waals surface area contributed by atoms with Gasteiger partial charge >= 0.3 is 0 Å². The van der Waals surface area contributed by atoms with Crippen molar-refractivity contribution >= 4 is 11.6 Å². The number of aryl methyl sites for hydroxylation is 1. The second-order valence-corrected chi connectivity index (χ2v) is 6.50. The molecule has 0 spiro atoms. The maximum Gasteiger partial charge on any atom is 0.226 e. The molecule has 0 bridgehead atoms. The second-order valence-electron chi connectivity index (χ2n) is 6.50. The quantitative estimate of drug-likeness (QED) is 0.731. The average Bonchev–Trinajstić information content (AvgIpc) is 3.21. The molecule has 3 aromatic rings. The highest BCUT2D eigenvalue weighted by Crippen LogP contribution is 2.42. The molecular weight excluding hydrogens is 356 g/mol. The Morgan fingerprint density at radius 2 is 1.64 bits per heavy atom. The third-order valence-corrected chi connectivity index (χ3v) is 4.80. The van der Waals surface area contributed by atoms with E-state index in [1.165, 1.54) is 5.56 Å². The summed E-state index contributed by atoms with van der Waals surface area (Å²) in [6.45, 7) is 2.07. The van der Waals surface area contributed by atoms with E-state index >= 15 is 0 Å². The van der Waals surface area contributed by atoms with E-state index in [4.69, 9.17) is 14.2 Å². The highest BCUT2D eigenvalue weighted by atomic mass is 16.5. The number of allylic oxidation sites excluding steroid dienone is 1. The number of hydrogen-bond donors (Lipinski definition) is 1. The third kappa shape index (κ3) is 3.05. The van der Waals surface area contributed by atoms with Crippen LogP contribution in [0.3, 0.4) is 0 Å². The van der Waals surface area contributed by atoms with Crippen molar-refractivity contribution in [3.05, 3.63) is 65.5 Å². The SMILES string of the molecule is COc1cc([C@H]2C=C(c3ccc(C)cc3)Nc3ncnn32)cc(OC)c1OC. The van der Waals surface area contributed by atoms with E-state index in [1.54, 1.807) is 27.7 Å². The van der Waals surface area contributed by atoms with Gasteiger partial charge in [0.05, 0.1) is 21.3 Å². The Balaban J connectivity index is 1.84. The topological polar surface area (TPSA) is 70.4 Å². The van der Waals surface area contributed by atoms with Crippen LogP contribution in [0.4, 0.5) is 5.95 Å². The Kier molecular flexibility index (Phi) is 4.65. The van der Waals surface area contributed by atoms with Crippen LogP contribution in [-0.4, -0.2) is 36.1 Å². The number of benzene rings is 2. The first-order chi connectivity index (χ1) is 13.6. The Morgan fingerprint density at radius 1 is 0.964 bits per heavy atom. The van der Waals surface area contributed by atoms with Gasteiger partial charge in [0.25, 0.3) is 0 Å². The molecule has 0 saturated heterocycles. The molecular formula is C21H22N4O3. The molecule has 7 heteroatoms. The van der Waals surface area contributed by atoms with Crippen molar-refractivity contribution in [3.63, 3.8) is 0 Å². The van der Waals surface area contributed by atoms with Crippen molar-refractivity contribution in [2.24, 2.45) is 0 Å². The highest BCUT2D eigenvalue weighted by molar-refractivity contribution is 5.77. The van der Waals surface area contributed by atoms with Crippen molar-refractivity contribution in [1.82, 2.24) is 14.8 Å². The summed E-state index contributed by atoms with van der Waals surface area (Å²) in [6, 6.07) is 12.1. The fourth-order valence-corrected chi connectivity index (χ4v) is 3.34. The van der Waals surface area contributed by atoms with Crippen LogP contribution in [0, 0.1) is 6.92 Å². The zero-order valence-corrected chi connectivity index (χ0v) is 16.3. The number of hydrogen-bond acceptors (Lipinski definition) is 6. The van der Waals surface area contributed by atoms with Gasteiger partial charge in [0.2, 0.25) is 11.7 Å². The molecule has 1 aliphatic rings. The van der Waals surface area contributed by atoms with Crippen molar-refractivity contribution in [2.45, 2.75) is 13.0 Å². The normalized spacial score (nSPS) is 15.3. The zero-order chi connectivity index (χ0) is 19.7. The number of fused-ring (bicyclic) bond motifs is 1. The first-order valence-corrected chi connectivity index (χ1v) is 8.90. The van der Waals surface area contributed by atoms with Gasteiger partial charge in [-0.25, -0.2) is 4.68 Å². The van der Waals surface area contributed by atoms with E-state index in [2.05, 4.69) is 52.7 Å². The van der Waals surface area contributed by atoms with Gasteiger partial charge in [0.15, 0.2) is 11.5 Å². The van der Waals surface area contributed by atoms with Crippen LogP contribution in [0.2, 0.25) is 0 Å². The molecule has 0 unspecified atom stereocenters. The fraction of sp³-hybridized carbons (Fsp3) is 0.238. The van der Waals surface area contributed by atoms with E-state index in [9.17, 15) is 0 Å². The number of nitrogens with zero attached hydrogens (tertiary/aromatic N) is 3. The fourth-order valence-electron chi connectivity index (χ4n) is 3.34. The van der Waals surface area contributed by atoms with Gasteiger partial charge in [-0.2, -0.15) is 10.1 Å². The standard InChI is InChI=1S/C21H22N4O3/c1-13-5-7-14(8-6-13)16-11-17(25-21(24-16)22-12-23-25)15-9-18(26-2)20(28-4)19(10-15)27-3/h5-12,17H,1-4H3,(H,22,23,24)/t17-/m1/s1. The first-order valence-electron chi connectivity index (χ1n) is 8.90. The van der Waals surface area contributed by atoms with E-state index in [-0.39, 0.29) is 6.04 Å². The summed E-state index contributed by atoms with van der Waals surface area (Å²) < 4.78 is 18.3. The van der Waals surface area contributed by atoms with E-state index in [0.29, 0.717) is 23.2 Å². The molecule has 0 radical (unpaired) electrons. The molecule has 7 nitrogen and oxygen atoms in total. The molecule has 0 saturated carbocycles. The van der Waals surface area contributed by atoms with Gasteiger partial charge in [0.1, 0.15) is 12.4 Å². The number of methoxy groups -OCH3 is 3. The van der Waals surface area contributed by atoms with Crippen LogP contribution >= 0.6 is 0 Å². The Hall–Kier alpha value is -3.48. The highest BCUT2D eigenvalue weighted by Gasteiger charge is 2.26. The predicted molar refractivity (Wildman–Crippen MR) is 107 cm³/mol. The summed E-state index contributed by atoms with van der Waals surface area (Å²) >= 11 is 0. The minimum Gasteiger partial charge on any atom is -0.493 e. The molecule has 144 valence electrons. The summed E-state index contributed by atoms with van der Waals surface area (Å²) in [5, 5.41) is 7.75. The molecule has 1 N–H and O–H groups in total. The first kappa shape index (κ1) is 17.9. The van der Waals surface area contributed by atoms with Gasteiger partial charge in [-0.1, -0.05) is 29.8 Å². The summed E-state index contributed by atoms with van der Waals surface area (Å²) in [5.41, 5.74) is 4.22. The molecule has 1 aromatic heterocycles. The van der Waals surface area contributed by atoms with Gasteiger partial charge in [-0.05, 0) is 36.3 Å². The molecule has 2 heterocycles. The molecule has 2 aromatic carbocycles. The van der Waals surface area contributed by atoms with Crippen LogP contribution in [0.5, 0.6) is 17.2 Å². The van der Waals surface area contributed by atoms with Crippen molar-refractivity contribution in [1.29, 1.82) is 0 Å². The predicted octanol–water partition coefficient (Wildman–Crippen LogP) is 3.67. The van der Waals surface area contributed by atoms with Crippen molar-refractivity contribution in [2.75, 3.05) is 26.6 Å². The van der Waals surface area contributed by atoms with Crippen LogP contribution in [0.15, 0.2) is 48.8 Å². The summed E-state index contributed by atoms with van der Waals surface area (Å²) in [4.78, 5) is 4.36. The minimum atomic E-state index is -0.177. The third-order valence-electron chi connectivity index (χ3n) is 4.80. The van der Waals surface area contributed by atoms with Crippen molar-refractivity contribution in [3.8, 4) is 17.2 Å². The lowest BCUT2D eigenvalue weighted by molar-refractivity contribution is 0.323. The van der Waals surface area contributed by atoms with Gasteiger partial charge in [-0.15, -0.1) is 0 Å². The number of anilines is 1. The molecule has 28 heavy (non-hydrogen) atoms. The maximum atomic E-state index is 5.52. The largest absolute Gasteiger partial charge is 0.493 e. The maximum absolute atomic E-state index is 5.52. The van der Waals surface area contributed by atoms with Crippen LogP contribution < -0.4 is 19.5 Å². The lowest BCUT2D eigenvalue weighted by Crippen LogP contribution is -2.20. The van der Waals surface area contributed by atoms with Crippen LogP contribution in [0.1, 0.15) is 22.7 Å². The smallest absolute Gasteiger partial charge is 0.226 e. The molecule has 1 aliphatic heterocycles. The van der Waals surface area contributed by atoms with Gasteiger partial charge < -0.3 is 19.5 Å². The van der Waals surface area contributed by atoms with Gasteiger partial charge in [-0.3, -0.25) is 0 Å². The summed E-state index contributed by atoms with van der Waals surface area (Å²) in [5.74, 6) is 2.44. The monoisotopic (exact) mass is 378 g/mol. The molecule has 0 fully saturated rings. The Morgan fingerprint density at radius 3 is 2.25 bits per heavy atom. The lowest BCUT2D eigenvalue weighted by Gasteiger charge is -2.25. The number of ether oxygens (including phenoxy) is 3. The average molecular weight is 378 g/mol. The molecule has 4 rings (SSSR count). The molecule has 0 amide bonds. The van der Waals surface area contributed by atoms with Gasteiger partial charge in [0, 0.05) is 5.70 Å². The van der Waals surface area contributed by atoms with Crippen LogP contribution in [-0.2, 0) is 0 Å². The Bertz CT molecular complexity index is 999. The zero-order valence-electron chi connectivity index (χ0n) is 16.3. The number of aromatic nitrogens is 3. The molecule has 1 atom stereocenters. The number of nitrogens with one attached hydrogen (secondary N) is 1. The minimum absolute atomic E-state index is 0.177. The van der Waals surface area contributed by atoms with Crippen LogP contribution in [0.25, 0.3) is 5.70 Å². The van der Waals surface area contributed by atoms with E-state index < -0.39 is 0 Å². The summed E-state index contributed by atoms with van der Waals surface area (Å²) in [7, 11) is 4.81. The lowest BCUT2D eigenvalue weighted by atomic mass is 10.0. The Labute approximate surface area is 163 Å². The number of rotatable bonds is 5. The van der Waals surface area contributed by atoms with E-state index in [0.717, 1.165) is 16.8 Å². The summed E-state index contributed by atoms with van der Waals surface area (Å²) in [6.07, 6.45) is 3.66. The van der Waals surface area contributed by atoms with E-state index in [1.807, 2.05) is 16.8 Å². The second kappa shape index (κ2) is 7.26. The molecule has 0 aliphatic carbocycles. The van der Waals surface area contributed by atoms with Crippen molar-refractivity contribution < 1.29 is 14.2 Å².